The molecule has 0 fully saturated rings. The summed E-state index contributed by atoms with van der Waals surface area (Å²) in [7, 11) is 0. The number of hydrogen-bond acceptors (Lipinski definition) is 1. The third kappa shape index (κ3) is 5.20. The van der Waals surface area contributed by atoms with Crippen molar-refractivity contribution in [3.05, 3.63) is 232 Å². The number of hydrogen-bond donors (Lipinski definition) is 0. The Bertz CT molecular complexity index is 4760. The van der Waals surface area contributed by atoms with Gasteiger partial charge >= 0.3 is 0 Å². The summed E-state index contributed by atoms with van der Waals surface area (Å²) in [4.78, 5) is 0. The zero-order valence-corrected chi connectivity index (χ0v) is 41.3. The minimum Gasteiger partial charge on any atom is -0.308 e. The standard InChI is InChI=1S/C71H49N3/c1-40-19-11-13-31-50-47-28-15-17-30-49(47)62(40)69-63(50)45(39-72)34-60-68(69)67-54(43-24-9-4-10-25-43)35-53(42-22-7-3-8-23-42)66-56-38-58-55(37-59(56)74(60)71(66)67)65-46-27-14-12-26-44(46)33-57-64-51-32-18-16-29-48(51)52(41-20-5-2-6-21-41)36-61(64)73(58)70(57)65/h2-11,13,15,17,19-25,28,30-31,33-38,62H,12,14,16,18,26-27,29,32H2,1H3/b13-11-,40-19-,50-31?. The van der Waals surface area contributed by atoms with Crippen LogP contribution < -0.4 is 0 Å². The SMILES string of the molecule is C/C1=C/C=C\C=C2c3ccccc3C1c1c2c(C#N)cc2c1c1c(-c3ccccc3)cc(-c3ccccc3)c3c4cc5c(cc4n2c31)c1c2c(cc3c4c6c(c(-c7ccccc7)cc4n5c31)CCCC6)CCCC2. The smallest absolute Gasteiger partial charge is 0.0999 e. The zero-order chi connectivity index (χ0) is 48.5. The second-order valence-corrected chi connectivity index (χ2v) is 21.8. The van der Waals surface area contributed by atoms with Gasteiger partial charge in [0.15, 0.2) is 0 Å². The fraction of sp³-hybridized carbons (Fsp3) is 0.141. The molecule has 0 saturated carbocycles. The van der Waals surface area contributed by atoms with E-state index in [1.54, 1.807) is 16.7 Å². The van der Waals surface area contributed by atoms with Crippen molar-refractivity contribution in [3.63, 3.8) is 0 Å². The van der Waals surface area contributed by atoms with Gasteiger partial charge in [-0.1, -0.05) is 145 Å². The van der Waals surface area contributed by atoms with E-state index >= 15 is 0 Å². The summed E-state index contributed by atoms with van der Waals surface area (Å²) in [6, 6.07) is 60.2. The van der Waals surface area contributed by atoms with Crippen molar-refractivity contribution in [2.75, 3.05) is 0 Å². The highest BCUT2D eigenvalue weighted by Gasteiger charge is 2.38. The number of rotatable bonds is 3. The Kier molecular flexibility index (Phi) is 8.24. The summed E-state index contributed by atoms with van der Waals surface area (Å²) < 4.78 is 5.32. The van der Waals surface area contributed by atoms with Crippen molar-refractivity contribution in [1.29, 1.82) is 5.26 Å². The van der Waals surface area contributed by atoms with Crippen LogP contribution >= 0.6 is 0 Å². The van der Waals surface area contributed by atoms with E-state index in [4.69, 9.17) is 0 Å². The molecule has 17 rings (SSSR count). The first kappa shape index (κ1) is 40.8. The van der Waals surface area contributed by atoms with Crippen LogP contribution in [-0.2, 0) is 25.7 Å². The topological polar surface area (TPSA) is 32.6 Å². The largest absolute Gasteiger partial charge is 0.308 e. The van der Waals surface area contributed by atoms with Gasteiger partial charge in [0, 0.05) is 54.6 Å². The van der Waals surface area contributed by atoms with E-state index in [1.807, 2.05) is 0 Å². The molecule has 0 N–H and O–H groups in total. The minimum absolute atomic E-state index is 0.0504. The predicted octanol–water partition coefficient (Wildman–Crippen LogP) is 18.0. The molecule has 1 atom stereocenters. The van der Waals surface area contributed by atoms with Gasteiger partial charge in [0.05, 0.1) is 44.7 Å². The van der Waals surface area contributed by atoms with Crippen LogP contribution in [0.2, 0.25) is 0 Å². The Labute approximate surface area is 428 Å². The highest BCUT2D eigenvalue weighted by atomic mass is 14.9. The fourth-order valence-corrected chi connectivity index (χ4v) is 15.3. The maximum atomic E-state index is 11.5. The van der Waals surface area contributed by atoms with E-state index < -0.39 is 0 Å². The number of nitriles is 1. The summed E-state index contributed by atoms with van der Waals surface area (Å²) in [5.74, 6) is -0.0504. The van der Waals surface area contributed by atoms with Crippen molar-refractivity contribution in [2.24, 2.45) is 0 Å². The first-order valence-corrected chi connectivity index (χ1v) is 26.9. The zero-order valence-electron chi connectivity index (χ0n) is 41.3. The Morgan fingerprint density at radius 1 is 0.459 bits per heavy atom. The number of nitrogens with zero attached hydrogens (tertiary/aromatic N) is 3. The van der Waals surface area contributed by atoms with Gasteiger partial charge in [-0.05, 0) is 173 Å². The van der Waals surface area contributed by atoms with Gasteiger partial charge in [-0.25, -0.2) is 0 Å². The summed E-state index contributed by atoms with van der Waals surface area (Å²) in [6.45, 7) is 2.29. The van der Waals surface area contributed by atoms with Crippen molar-refractivity contribution in [2.45, 2.75) is 64.2 Å². The van der Waals surface area contributed by atoms with Crippen LogP contribution in [0.5, 0.6) is 0 Å². The number of fused-ring (bicyclic) bond motifs is 20. The molecule has 0 amide bonds. The fourth-order valence-electron chi connectivity index (χ4n) is 15.3. The van der Waals surface area contributed by atoms with Crippen molar-refractivity contribution in [3.8, 4) is 39.4 Å². The monoisotopic (exact) mass is 943 g/mol. The van der Waals surface area contributed by atoms with Crippen LogP contribution in [0, 0.1) is 11.3 Å². The lowest BCUT2D eigenvalue weighted by atomic mass is 9.70. The molecule has 1 unspecified atom stereocenters. The van der Waals surface area contributed by atoms with E-state index in [9.17, 15) is 5.26 Å². The van der Waals surface area contributed by atoms with E-state index in [0.29, 0.717) is 0 Å². The molecule has 9 aromatic carbocycles. The summed E-state index contributed by atoms with van der Waals surface area (Å²) >= 11 is 0. The third-order valence-corrected chi connectivity index (χ3v) is 18.2. The molecule has 4 aromatic heterocycles. The maximum absolute atomic E-state index is 11.5. The number of aryl methyl sites for hydroxylation is 3. The molecule has 0 spiro atoms. The van der Waals surface area contributed by atoms with Gasteiger partial charge in [-0.3, -0.25) is 0 Å². The molecule has 3 heteroatoms. The summed E-state index contributed by atoms with van der Waals surface area (Å²) in [5, 5.41) is 22.2. The molecule has 4 heterocycles. The lowest BCUT2D eigenvalue weighted by Gasteiger charge is -2.32. The molecule has 0 radical (unpaired) electrons. The number of allylic oxidation sites excluding steroid dienone is 5. The Balaban J connectivity index is 1.12. The normalized spacial score (nSPS) is 17.4. The molecular formula is C71H49N3. The van der Waals surface area contributed by atoms with Crippen LogP contribution in [-0.4, -0.2) is 8.80 Å². The Morgan fingerprint density at radius 3 is 1.78 bits per heavy atom. The Hall–Kier alpha value is -8.71. The lowest BCUT2D eigenvalue weighted by molar-refractivity contribution is 0.690. The van der Waals surface area contributed by atoms with Crippen molar-refractivity contribution >= 4 is 81.8 Å². The third-order valence-electron chi connectivity index (χ3n) is 18.2. The summed E-state index contributed by atoms with van der Waals surface area (Å²) in [6.07, 6.45) is 18.3. The second-order valence-electron chi connectivity index (χ2n) is 21.8. The van der Waals surface area contributed by atoms with Crippen LogP contribution in [0.3, 0.4) is 0 Å². The van der Waals surface area contributed by atoms with Crippen molar-refractivity contribution in [1.82, 2.24) is 8.80 Å². The molecule has 4 aliphatic carbocycles. The molecular weight excluding hydrogens is 895 g/mol. The van der Waals surface area contributed by atoms with Crippen LogP contribution in [0.1, 0.15) is 88.6 Å². The predicted molar refractivity (Wildman–Crippen MR) is 308 cm³/mol. The minimum atomic E-state index is -0.0504. The molecule has 4 aliphatic rings. The van der Waals surface area contributed by atoms with E-state index in [0.717, 1.165) is 47.9 Å². The van der Waals surface area contributed by atoms with Gasteiger partial charge in [0.2, 0.25) is 0 Å². The van der Waals surface area contributed by atoms with Crippen LogP contribution in [0.25, 0.3) is 115 Å². The molecule has 13 aromatic rings. The van der Waals surface area contributed by atoms with Gasteiger partial charge < -0.3 is 8.80 Å². The first-order valence-electron chi connectivity index (χ1n) is 26.9. The first-order chi connectivity index (χ1) is 36.6. The highest BCUT2D eigenvalue weighted by molar-refractivity contribution is 6.34. The van der Waals surface area contributed by atoms with Crippen LogP contribution in [0.15, 0.2) is 182 Å². The average Bonchev–Trinajstić information content (AvgIpc) is 4.37. The highest BCUT2D eigenvalue weighted by Crippen LogP contribution is 2.57. The average molecular weight is 944 g/mol. The van der Waals surface area contributed by atoms with E-state index in [1.165, 1.54) is 158 Å². The number of aromatic nitrogens is 2. The quantitative estimate of drug-likeness (QED) is 0.174. The Morgan fingerprint density at radius 2 is 1.05 bits per heavy atom. The second kappa shape index (κ2) is 14.9. The molecule has 0 aliphatic heterocycles. The molecule has 74 heavy (non-hydrogen) atoms. The van der Waals surface area contributed by atoms with E-state index in [2.05, 4.69) is 198 Å². The van der Waals surface area contributed by atoms with Gasteiger partial charge in [-0.2, -0.15) is 5.26 Å². The van der Waals surface area contributed by atoms with Gasteiger partial charge in [-0.15, -0.1) is 0 Å². The van der Waals surface area contributed by atoms with Crippen LogP contribution in [0.4, 0.5) is 0 Å². The van der Waals surface area contributed by atoms with Gasteiger partial charge in [0.25, 0.3) is 0 Å². The number of benzene rings is 9. The molecule has 3 nitrogen and oxygen atoms in total. The van der Waals surface area contributed by atoms with E-state index in [-0.39, 0.29) is 5.92 Å². The lowest BCUT2D eigenvalue weighted by Crippen LogP contribution is -2.16. The summed E-state index contributed by atoms with van der Waals surface area (Å²) in [5.41, 5.74) is 29.2. The maximum Gasteiger partial charge on any atom is 0.0999 e. The molecule has 0 saturated heterocycles. The van der Waals surface area contributed by atoms with Gasteiger partial charge in [0.1, 0.15) is 0 Å². The molecule has 2 bridgehead atoms. The molecule has 348 valence electrons. The van der Waals surface area contributed by atoms with Crippen molar-refractivity contribution < 1.29 is 0 Å².